The lowest BCUT2D eigenvalue weighted by Gasteiger charge is -2.41. The number of aromatic nitrogens is 1. The van der Waals surface area contributed by atoms with E-state index in [0.717, 1.165) is 38.0 Å². The summed E-state index contributed by atoms with van der Waals surface area (Å²) in [4.78, 5) is 23.6. The number of fused-ring (bicyclic) bond motifs is 1. The number of pyridine rings is 1. The van der Waals surface area contributed by atoms with Gasteiger partial charge in [-0.15, -0.1) is 0 Å². The summed E-state index contributed by atoms with van der Waals surface area (Å²) in [6.45, 7) is 12.8. The Labute approximate surface area is 201 Å². The SMILES string of the molecule is CC(C)C(F)(F)c1cc2c(cn1)C(C)(C)CN2C(=O)CN1C[C@@H](C)NC[C@@H]1CN1CCCC1O. The Bertz CT molecular complexity index is 909. The van der Waals surface area contributed by atoms with E-state index in [9.17, 15) is 18.7 Å². The minimum Gasteiger partial charge on any atom is -0.378 e. The van der Waals surface area contributed by atoms with Crippen molar-refractivity contribution < 1.29 is 18.7 Å². The van der Waals surface area contributed by atoms with Crippen molar-refractivity contribution >= 4 is 11.6 Å². The molecular formula is C25H39F2N5O2. The second kappa shape index (κ2) is 9.41. The molecule has 2 saturated heterocycles. The van der Waals surface area contributed by atoms with Gasteiger partial charge in [0, 0.05) is 67.9 Å². The number of hydrogen-bond donors (Lipinski definition) is 2. The molecule has 2 fully saturated rings. The summed E-state index contributed by atoms with van der Waals surface area (Å²) < 4.78 is 29.5. The van der Waals surface area contributed by atoms with Crippen LogP contribution in [0.5, 0.6) is 0 Å². The molecule has 3 aliphatic rings. The molecule has 3 aliphatic heterocycles. The lowest BCUT2D eigenvalue weighted by Crippen LogP contribution is -2.61. The highest BCUT2D eigenvalue weighted by Gasteiger charge is 2.43. The third kappa shape index (κ3) is 4.85. The molecule has 4 heterocycles. The Kier molecular flexibility index (Phi) is 7.03. The lowest BCUT2D eigenvalue weighted by atomic mass is 9.88. The number of aliphatic hydroxyl groups is 1. The van der Waals surface area contributed by atoms with Gasteiger partial charge in [0.05, 0.1) is 12.2 Å². The molecule has 1 aromatic heterocycles. The number of amides is 1. The quantitative estimate of drug-likeness (QED) is 0.654. The number of carbonyl (C=O) groups excluding carboxylic acids is 1. The zero-order chi connectivity index (χ0) is 24.8. The fourth-order valence-electron chi connectivity index (χ4n) is 5.41. The highest BCUT2D eigenvalue weighted by Crippen LogP contribution is 2.43. The van der Waals surface area contributed by atoms with Crippen LogP contribution in [0.3, 0.4) is 0 Å². The molecule has 34 heavy (non-hydrogen) atoms. The molecule has 3 atom stereocenters. The Morgan fingerprint density at radius 3 is 2.74 bits per heavy atom. The van der Waals surface area contributed by atoms with Crippen molar-refractivity contribution in [1.82, 2.24) is 20.1 Å². The number of halogens is 2. The summed E-state index contributed by atoms with van der Waals surface area (Å²) in [6, 6.07) is 1.76. The van der Waals surface area contributed by atoms with Gasteiger partial charge >= 0.3 is 0 Å². The number of nitrogens with one attached hydrogen (secondary N) is 1. The van der Waals surface area contributed by atoms with Crippen molar-refractivity contribution in [3.05, 3.63) is 23.5 Å². The number of aliphatic hydroxyl groups excluding tert-OH is 1. The summed E-state index contributed by atoms with van der Waals surface area (Å²) >= 11 is 0. The van der Waals surface area contributed by atoms with Crippen molar-refractivity contribution in [2.24, 2.45) is 5.92 Å². The van der Waals surface area contributed by atoms with Gasteiger partial charge in [-0.1, -0.05) is 27.7 Å². The predicted molar refractivity (Wildman–Crippen MR) is 128 cm³/mol. The number of likely N-dealkylation sites (tertiary alicyclic amines) is 1. The molecule has 1 amide bonds. The highest BCUT2D eigenvalue weighted by atomic mass is 19.3. The first-order valence-corrected chi connectivity index (χ1v) is 12.5. The molecule has 9 heteroatoms. The van der Waals surface area contributed by atoms with Crippen LogP contribution in [0.4, 0.5) is 14.5 Å². The third-order valence-corrected chi connectivity index (χ3v) is 7.66. The van der Waals surface area contributed by atoms with Gasteiger partial charge in [-0.3, -0.25) is 19.6 Å². The van der Waals surface area contributed by atoms with Gasteiger partial charge in [-0.25, -0.2) is 0 Å². The zero-order valence-electron chi connectivity index (χ0n) is 21.0. The van der Waals surface area contributed by atoms with Gasteiger partial charge in [-0.05, 0) is 25.8 Å². The lowest BCUT2D eigenvalue weighted by molar-refractivity contribution is -0.121. The molecule has 2 N–H and O–H groups in total. The van der Waals surface area contributed by atoms with Crippen LogP contribution in [0, 0.1) is 5.92 Å². The maximum absolute atomic E-state index is 14.8. The first-order valence-electron chi connectivity index (χ1n) is 12.5. The minimum atomic E-state index is -3.06. The number of hydrogen-bond acceptors (Lipinski definition) is 6. The van der Waals surface area contributed by atoms with Crippen molar-refractivity contribution in [1.29, 1.82) is 0 Å². The second-order valence-electron chi connectivity index (χ2n) is 11.2. The maximum atomic E-state index is 14.8. The molecule has 7 nitrogen and oxygen atoms in total. The number of piperazine rings is 1. The molecule has 4 rings (SSSR count). The third-order valence-electron chi connectivity index (χ3n) is 7.66. The van der Waals surface area contributed by atoms with Crippen molar-refractivity contribution in [3.63, 3.8) is 0 Å². The Morgan fingerprint density at radius 1 is 1.35 bits per heavy atom. The van der Waals surface area contributed by atoms with Gasteiger partial charge in [0.25, 0.3) is 5.92 Å². The van der Waals surface area contributed by atoms with Crippen LogP contribution in [0.1, 0.15) is 58.7 Å². The van der Waals surface area contributed by atoms with Crippen LogP contribution < -0.4 is 10.2 Å². The average molecular weight is 480 g/mol. The predicted octanol–water partition coefficient (Wildman–Crippen LogP) is 2.53. The maximum Gasteiger partial charge on any atom is 0.291 e. The van der Waals surface area contributed by atoms with Gasteiger partial charge in [0.15, 0.2) is 0 Å². The molecule has 0 spiro atoms. The first kappa shape index (κ1) is 25.4. The van der Waals surface area contributed by atoms with Gasteiger partial charge in [0.2, 0.25) is 5.91 Å². The molecule has 0 aromatic carbocycles. The van der Waals surface area contributed by atoms with E-state index in [1.807, 2.05) is 13.8 Å². The Morgan fingerprint density at radius 2 is 2.09 bits per heavy atom. The zero-order valence-corrected chi connectivity index (χ0v) is 21.0. The van der Waals surface area contributed by atoms with Crippen LogP contribution in [-0.2, 0) is 16.1 Å². The van der Waals surface area contributed by atoms with E-state index in [1.165, 1.54) is 26.1 Å². The van der Waals surface area contributed by atoms with E-state index in [0.29, 0.717) is 18.8 Å². The van der Waals surface area contributed by atoms with Crippen molar-refractivity contribution in [3.8, 4) is 0 Å². The monoisotopic (exact) mass is 479 g/mol. The smallest absolute Gasteiger partial charge is 0.291 e. The Balaban J connectivity index is 1.55. The largest absolute Gasteiger partial charge is 0.378 e. The molecule has 0 bridgehead atoms. The van der Waals surface area contributed by atoms with Crippen LogP contribution in [0.2, 0.25) is 0 Å². The number of rotatable bonds is 6. The van der Waals surface area contributed by atoms with E-state index in [-0.39, 0.29) is 35.6 Å². The number of nitrogens with zero attached hydrogens (tertiary/aromatic N) is 4. The summed E-state index contributed by atoms with van der Waals surface area (Å²) in [6.07, 6.45) is 2.87. The van der Waals surface area contributed by atoms with Crippen LogP contribution in [0.25, 0.3) is 0 Å². The van der Waals surface area contributed by atoms with Crippen LogP contribution in [0.15, 0.2) is 12.3 Å². The van der Waals surface area contributed by atoms with Gasteiger partial charge < -0.3 is 15.3 Å². The number of alkyl halides is 2. The molecule has 1 aromatic rings. The van der Waals surface area contributed by atoms with Crippen LogP contribution >= 0.6 is 0 Å². The summed E-state index contributed by atoms with van der Waals surface area (Å²) in [5.74, 6) is -4.04. The second-order valence-corrected chi connectivity index (χ2v) is 11.2. The fourth-order valence-corrected chi connectivity index (χ4v) is 5.41. The Hall–Kier alpha value is -1.68. The molecule has 0 saturated carbocycles. The first-order chi connectivity index (χ1) is 15.9. The highest BCUT2D eigenvalue weighted by molar-refractivity contribution is 5.97. The van der Waals surface area contributed by atoms with E-state index in [2.05, 4.69) is 27.0 Å². The molecule has 0 radical (unpaired) electrons. The van der Waals surface area contributed by atoms with Crippen LogP contribution in [-0.4, -0.2) is 83.4 Å². The van der Waals surface area contributed by atoms with E-state index >= 15 is 0 Å². The number of anilines is 1. The fraction of sp³-hybridized carbons (Fsp3) is 0.760. The molecule has 0 aliphatic carbocycles. The number of carbonyl (C=O) groups is 1. The van der Waals surface area contributed by atoms with Crippen molar-refractivity contribution in [2.45, 2.75) is 77.1 Å². The summed E-state index contributed by atoms with van der Waals surface area (Å²) in [7, 11) is 0. The standard InChI is InChI=1S/C25H39F2N5O2/c1-16(2)25(26,27)21-9-20-19(11-29-21)24(4,5)15-32(20)23(34)14-31-12-17(3)28-10-18(31)13-30-8-6-7-22(30)33/h9,11,16-18,22,28,33H,6-8,10,12-15H2,1-5H3/t17-,18-,22?/m1/s1. The summed E-state index contributed by atoms with van der Waals surface area (Å²) in [5.41, 5.74) is 0.734. The van der Waals surface area contributed by atoms with E-state index < -0.39 is 18.1 Å². The molecule has 1 unspecified atom stereocenters. The van der Waals surface area contributed by atoms with Gasteiger partial charge in [0.1, 0.15) is 11.9 Å². The molecular weight excluding hydrogens is 440 g/mol. The minimum absolute atomic E-state index is 0.0853. The topological polar surface area (TPSA) is 71.9 Å². The van der Waals surface area contributed by atoms with E-state index in [1.54, 1.807) is 4.90 Å². The normalized spacial score (nSPS) is 28.0. The van der Waals surface area contributed by atoms with Crippen molar-refractivity contribution in [2.75, 3.05) is 44.2 Å². The average Bonchev–Trinajstić information content (AvgIpc) is 3.29. The summed E-state index contributed by atoms with van der Waals surface area (Å²) in [5, 5.41) is 13.7. The molecule has 190 valence electrons. The van der Waals surface area contributed by atoms with Gasteiger partial charge in [-0.2, -0.15) is 8.78 Å². The van der Waals surface area contributed by atoms with E-state index in [4.69, 9.17) is 0 Å².